The van der Waals surface area contributed by atoms with Crippen molar-refractivity contribution >= 4 is 29.1 Å². The minimum Gasteiger partial charge on any atom is -0.455 e. The van der Waals surface area contributed by atoms with Crippen LogP contribution in [0.5, 0.6) is 11.5 Å². The Bertz CT molecular complexity index is 820. The van der Waals surface area contributed by atoms with Crippen molar-refractivity contribution in [2.24, 2.45) is 0 Å². The Balaban J connectivity index is 1.88. The lowest BCUT2D eigenvalue weighted by Gasteiger charge is -2.13. The smallest absolute Gasteiger partial charge is 0.223 e. The van der Waals surface area contributed by atoms with Gasteiger partial charge in [0.2, 0.25) is 5.95 Å². The first-order valence-electron chi connectivity index (χ1n) is 6.87. The highest BCUT2D eigenvalue weighted by Crippen LogP contribution is 2.31. The molecule has 7 heteroatoms. The van der Waals surface area contributed by atoms with Crippen LogP contribution >= 0.6 is 11.6 Å². The normalized spacial score (nSPS) is 10.3. The zero-order chi connectivity index (χ0) is 16.2. The highest BCUT2D eigenvalue weighted by Gasteiger charge is 2.07. The molecule has 116 valence electrons. The molecule has 0 unspecified atom stereocenters. The second-order valence-electron chi connectivity index (χ2n) is 4.79. The van der Waals surface area contributed by atoms with Crippen LogP contribution in [-0.4, -0.2) is 15.0 Å². The molecular formula is C16H14ClN5O. The van der Waals surface area contributed by atoms with E-state index >= 15 is 0 Å². The van der Waals surface area contributed by atoms with Gasteiger partial charge in [0.1, 0.15) is 16.7 Å². The third-order valence-electron chi connectivity index (χ3n) is 2.96. The van der Waals surface area contributed by atoms with Crippen LogP contribution in [0.3, 0.4) is 0 Å². The maximum Gasteiger partial charge on any atom is 0.223 e. The maximum atomic E-state index is 5.91. The Morgan fingerprint density at radius 2 is 1.96 bits per heavy atom. The fraction of sp³-hybridized carbons (Fsp3) is 0.0625. The minimum absolute atomic E-state index is 0.100. The predicted octanol–water partition coefficient (Wildman–Crippen LogP) is 3.95. The van der Waals surface area contributed by atoms with Crippen LogP contribution in [0.1, 0.15) is 5.69 Å². The average Bonchev–Trinajstić information content (AvgIpc) is 2.48. The number of ether oxygens (including phenoxy) is 1. The van der Waals surface area contributed by atoms with E-state index in [0.29, 0.717) is 17.3 Å². The molecule has 1 aromatic carbocycles. The van der Waals surface area contributed by atoms with Gasteiger partial charge >= 0.3 is 0 Å². The number of aryl methyl sites for hydroxylation is 1. The van der Waals surface area contributed by atoms with Gasteiger partial charge in [-0.2, -0.15) is 4.98 Å². The van der Waals surface area contributed by atoms with Gasteiger partial charge in [-0.15, -0.1) is 0 Å². The van der Waals surface area contributed by atoms with Crippen molar-refractivity contribution in [3.05, 3.63) is 59.5 Å². The molecular weight excluding hydrogens is 314 g/mol. The van der Waals surface area contributed by atoms with Crippen LogP contribution in [0.25, 0.3) is 0 Å². The van der Waals surface area contributed by atoms with Crippen LogP contribution in [0.2, 0.25) is 5.15 Å². The van der Waals surface area contributed by atoms with Crippen molar-refractivity contribution in [2.75, 3.05) is 11.1 Å². The summed E-state index contributed by atoms with van der Waals surface area (Å²) in [5.41, 5.74) is 7.22. The average molecular weight is 328 g/mol. The number of hydrogen-bond acceptors (Lipinski definition) is 6. The molecule has 0 bridgehead atoms. The summed E-state index contributed by atoms with van der Waals surface area (Å²) in [6.45, 7) is 1.91. The highest BCUT2D eigenvalue weighted by atomic mass is 35.5. The molecule has 0 spiro atoms. The Kier molecular flexibility index (Phi) is 4.25. The molecule has 0 saturated heterocycles. The van der Waals surface area contributed by atoms with E-state index in [2.05, 4.69) is 20.3 Å². The van der Waals surface area contributed by atoms with Gasteiger partial charge in [-0.25, -0.2) is 4.98 Å². The van der Waals surface area contributed by atoms with Crippen LogP contribution in [0, 0.1) is 6.92 Å². The van der Waals surface area contributed by atoms with Gasteiger partial charge < -0.3 is 15.8 Å². The quantitative estimate of drug-likeness (QED) is 0.706. The lowest BCUT2D eigenvalue weighted by Crippen LogP contribution is -2.01. The summed E-state index contributed by atoms with van der Waals surface area (Å²) < 4.78 is 5.91. The van der Waals surface area contributed by atoms with Crippen molar-refractivity contribution in [3.8, 4) is 11.5 Å². The van der Waals surface area contributed by atoms with Crippen LogP contribution in [0.15, 0.2) is 48.7 Å². The Hall–Kier alpha value is -2.86. The molecule has 0 atom stereocenters. The van der Waals surface area contributed by atoms with Crippen molar-refractivity contribution in [3.63, 3.8) is 0 Å². The molecule has 3 N–H and O–H groups in total. The summed E-state index contributed by atoms with van der Waals surface area (Å²) in [6.07, 6.45) is 1.70. The fourth-order valence-electron chi connectivity index (χ4n) is 2.01. The fourth-order valence-corrected chi connectivity index (χ4v) is 2.20. The highest BCUT2D eigenvalue weighted by molar-refractivity contribution is 6.29. The molecule has 0 aliphatic rings. The van der Waals surface area contributed by atoms with Crippen LogP contribution < -0.4 is 15.8 Å². The summed E-state index contributed by atoms with van der Waals surface area (Å²) in [6, 6.07) is 12.7. The number of halogens is 1. The minimum atomic E-state index is 0.100. The summed E-state index contributed by atoms with van der Waals surface area (Å²) in [4.78, 5) is 12.1. The van der Waals surface area contributed by atoms with Crippen LogP contribution in [0.4, 0.5) is 17.5 Å². The molecule has 6 nitrogen and oxygen atoms in total. The number of anilines is 3. The lowest BCUT2D eigenvalue weighted by atomic mass is 10.3. The largest absolute Gasteiger partial charge is 0.455 e. The summed E-state index contributed by atoms with van der Waals surface area (Å²) in [5.74, 6) is 1.94. The molecule has 3 aromatic rings. The third-order valence-corrected chi connectivity index (χ3v) is 3.15. The number of hydrogen-bond donors (Lipinski definition) is 2. The van der Waals surface area contributed by atoms with Gasteiger partial charge in [0.05, 0.1) is 5.69 Å². The van der Waals surface area contributed by atoms with E-state index < -0.39 is 0 Å². The number of nitrogen functional groups attached to an aromatic ring is 1. The van der Waals surface area contributed by atoms with Crippen molar-refractivity contribution in [2.45, 2.75) is 6.92 Å². The van der Waals surface area contributed by atoms with E-state index in [0.717, 1.165) is 11.4 Å². The number of pyridine rings is 1. The van der Waals surface area contributed by atoms with E-state index in [9.17, 15) is 0 Å². The summed E-state index contributed by atoms with van der Waals surface area (Å²) >= 11 is 5.89. The van der Waals surface area contributed by atoms with Gasteiger partial charge in [-0.1, -0.05) is 23.7 Å². The zero-order valence-corrected chi connectivity index (χ0v) is 13.1. The second-order valence-corrected chi connectivity index (χ2v) is 5.18. The SMILES string of the molecule is Cc1cc(Oc2ccccc2Nc2cc(Cl)nc(N)n2)ccn1. The Morgan fingerprint density at radius 3 is 2.74 bits per heavy atom. The molecule has 0 saturated carbocycles. The van der Waals surface area contributed by atoms with Crippen molar-refractivity contribution in [1.29, 1.82) is 0 Å². The topological polar surface area (TPSA) is 86.0 Å². The van der Waals surface area contributed by atoms with Crippen LogP contribution in [-0.2, 0) is 0 Å². The molecule has 0 fully saturated rings. The van der Waals surface area contributed by atoms with E-state index in [1.807, 2.05) is 37.3 Å². The Morgan fingerprint density at radius 1 is 1.13 bits per heavy atom. The van der Waals surface area contributed by atoms with E-state index in [1.165, 1.54) is 0 Å². The number of benzene rings is 1. The first-order valence-corrected chi connectivity index (χ1v) is 7.24. The molecule has 23 heavy (non-hydrogen) atoms. The number of nitrogens with one attached hydrogen (secondary N) is 1. The number of rotatable bonds is 4. The van der Waals surface area contributed by atoms with Gasteiger partial charge in [0.25, 0.3) is 0 Å². The first kappa shape index (κ1) is 15.1. The molecule has 2 heterocycles. The number of nitrogens with two attached hydrogens (primary N) is 1. The maximum absolute atomic E-state index is 5.91. The molecule has 3 rings (SSSR count). The number of nitrogens with zero attached hydrogens (tertiary/aromatic N) is 3. The molecule has 0 amide bonds. The van der Waals surface area contributed by atoms with E-state index in [-0.39, 0.29) is 11.1 Å². The van der Waals surface area contributed by atoms with E-state index in [4.69, 9.17) is 22.1 Å². The van der Waals surface area contributed by atoms with Crippen molar-refractivity contribution < 1.29 is 4.74 Å². The first-order chi connectivity index (χ1) is 11.1. The molecule has 0 radical (unpaired) electrons. The van der Waals surface area contributed by atoms with Gasteiger partial charge in [-0.05, 0) is 25.1 Å². The molecule has 0 aliphatic carbocycles. The van der Waals surface area contributed by atoms with Gasteiger partial charge in [0, 0.05) is 24.0 Å². The second kappa shape index (κ2) is 6.50. The lowest BCUT2D eigenvalue weighted by molar-refractivity contribution is 0.483. The van der Waals surface area contributed by atoms with Crippen molar-refractivity contribution in [1.82, 2.24) is 15.0 Å². The predicted molar refractivity (Wildman–Crippen MR) is 90.2 cm³/mol. The zero-order valence-electron chi connectivity index (χ0n) is 12.3. The van der Waals surface area contributed by atoms with Gasteiger partial charge in [0.15, 0.2) is 5.75 Å². The molecule has 2 aromatic heterocycles. The third kappa shape index (κ3) is 3.87. The van der Waals surface area contributed by atoms with E-state index in [1.54, 1.807) is 18.3 Å². The molecule has 0 aliphatic heterocycles. The summed E-state index contributed by atoms with van der Waals surface area (Å²) in [5, 5.41) is 3.40. The number of aromatic nitrogens is 3. The standard InChI is InChI=1S/C16H14ClN5O/c1-10-8-11(6-7-19-10)23-13-5-3-2-4-12(13)20-15-9-14(17)21-16(18)22-15/h2-9H,1H3,(H3,18,20,21,22). The number of para-hydroxylation sites is 2. The monoisotopic (exact) mass is 327 g/mol. The summed E-state index contributed by atoms with van der Waals surface area (Å²) in [7, 11) is 0. The van der Waals surface area contributed by atoms with Gasteiger partial charge in [-0.3, -0.25) is 4.98 Å². The Labute approximate surface area is 138 Å².